The van der Waals surface area contributed by atoms with E-state index in [1.54, 1.807) is 18.2 Å². The van der Waals surface area contributed by atoms with Gasteiger partial charge in [0.2, 0.25) is 11.7 Å². The van der Waals surface area contributed by atoms with Gasteiger partial charge in [-0.3, -0.25) is 14.5 Å². The number of aliphatic carboxylic acids is 1. The molecule has 156 valence electrons. The molecule has 1 aromatic rings. The molecule has 1 aliphatic heterocycles. The van der Waals surface area contributed by atoms with Gasteiger partial charge in [0.15, 0.2) is 11.5 Å². The maximum Gasteiger partial charge on any atom is 0.326 e. The highest BCUT2D eigenvalue weighted by atomic mass is 32.2. The summed E-state index contributed by atoms with van der Waals surface area (Å²) < 4.78 is 15.9. The van der Waals surface area contributed by atoms with E-state index < -0.39 is 23.8 Å². The summed E-state index contributed by atoms with van der Waals surface area (Å²) in [6.07, 6.45) is 1.24. The van der Waals surface area contributed by atoms with Crippen molar-refractivity contribution in [1.29, 1.82) is 0 Å². The molecule has 1 unspecified atom stereocenters. The van der Waals surface area contributed by atoms with Crippen molar-refractivity contribution in [3.8, 4) is 17.2 Å². The summed E-state index contributed by atoms with van der Waals surface area (Å²) in [4.78, 5) is 36.7. The minimum absolute atomic E-state index is 0.0885. The van der Waals surface area contributed by atoms with Gasteiger partial charge in [0.1, 0.15) is 10.4 Å². The summed E-state index contributed by atoms with van der Waals surface area (Å²) in [7, 11) is 4.41. The molecule has 29 heavy (non-hydrogen) atoms. The number of rotatable bonds is 9. The van der Waals surface area contributed by atoms with Crippen molar-refractivity contribution in [2.24, 2.45) is 5.73 Å². The fourth-order valence-corrected chi connectivity index (χ4v) is 4.08. The van der Waals surface area contributed by atoms with Crippen LogP contribution < -0.4 is 19.9 Å². The molecule has 1 atom stereocenters. The molecule has 9 nitrogen and oxygen atoms in total. The number of thioether (sulfide) groups is 1. The number of carbonyl (C=O) groups excluding carboxylic acids is 2. The Bertz CT molecular complexity index is 860. The standard InChI is InChI=1S/C18H20N2O7S2/c1-25-11-6-9(7-12(26-2)15(11)27-3)8-13-16(22)20(18(28)29-13)10(17(23)24)4-5-14(19)21/h6-8,10H,4-5H2,1-3H3,(H2,19,21)(H,23,24)/b13-8-. The Balaban J connectivity index is 2.38. The number of hydrogen-bond acceptors (Lipinski definition) is 8. The van der Waals surface area contributed by atoms with Gasteiger partial charge in [0.05, 0.1) is 26.2 Å². The van der Waals surface area contributed by atoms with Crippen LogP contribution >= 0.6 is 24.0 Å². The summed E-state index contributed by atoms with van der Waals surface area (Å²) in [6, 6.07) is 2.02. The topological polar surface area (TPSA) is 128 Å². The molecule has 0 aliphatic carbocycles. The van der Waals surface area contributed by atoms with Gasteiger partial charge in [-0.05, 0) is 30.2 Å². The zero-order valence-electron chi connectivity index (χ0n) is 16.0. The highest BCUT2D eigenvalue weighted by Gasteiger charge is 2.40. The molecule has 11 heteroatoms. The summed E-state index contributed by atoms with van der Waals surface area (Å²) in [5.41, 5.74) is 5.67. The molecular weight excluding hydrogens is 420 g/mol. The van der Waals surface area contributed by atoms with E-state index in [0.717, 1.165) is 16.7 Å². The van der Waals surface area contributed by atoms with E-state index in [2.05, 4.69) is 0 Å². The monoisotopic (exact) mass is 440 g/mol. The minimum atomic E-state index is -1.28. The van der Waals surface area contributed by atoms with E-state index in [-0.39, 0.29) is 22.1 Å². The number of methoxy groups -OCH3 is 3. The summed E-state index contributed by atoms with van der Waals surface area (Å²) in [5.74, 6) is -1.29. The number of nitrogens with two attached hydrogens (primary N) is 1. The molecule has 2 rings (SSSR count). The van der Waals surface area contributed by atoms with Crippen LogP contribution in [0.3, 0.4) is 0 Å². The first kappa shape index (κ1) is 22.5. The second-order valence-corrected chi connectivity index (χ2v) is 7.55. The van der Waals surface area contributed by atoms with Crippen molar-refractivity contribution in [2.75, 3.05) is 21.3 Å². The molecule has 1 saturated heterocycles. The maximum atomic E-state index is 12.8. The molecule has 0 bridgehead atoms. The first-order valence-electron chi connectivity index (χ1n) is 8.31. The Labute approximate surface area is 176 Å². The first-order valence-corrected chi connectivity index (χ1v) is 9.54. The number of thiocarbonyl (C=S) groups is 1. The van der Waals surface area contributed by atoms with Crippen LogP contribution in [0.1, 0.15) is 18.4 Å². The normalized spacial score (nSPS) is 16.1. The van der Waals surface area contributed by atoms with Gasteiger partial charge in [-0.1, -0.05) is 24.0 Å². The van der Waals surface area contributed by atoms with Crippen molar-refractivity contribution < 1.29 is 33.7 Å². The van der Waals surface area contributed by atoms with E-state index in [0.29, 0.717) is 22.8 Å². The van der Waals surface area contributed by atoms with Crippen LogP contribution in [-0.4, -0.2) is 59.5 Å². The second-order valence-electron chi connectivity index (χ2n) is 5.87. The smallest absolute Gasteiger partial charge is 0.326 e. The highest BCUT2D eigenvalue weighted by Crippen LogP contribution is 2.40. The third-order valence-electron chi connectivity index (χ3n) is 4.07. The number of hydrogen-bond donors (Lipinski definition) is 2. The van der Waals surface area contributed by atoms with Crippen LogP contribution in [0.4, 0.5) is 0 Å². The second kappa shape index (κ2) is 9.61. The molecule has 0 spiro atoms. The van der Waals surface area contributed by atoms with E-state index in [1.165, 1.54) is 21.3 Å². The quantitative estimate of drug-likeness (QED) is 0.435. The van der Waals surface area contributed by atoms with Crippen LogP contribution in [0.2, 0.25) is 0 Å². The number of amides is 2. The average Bonchev–Trinajstić information content (AvgIpc) is 2.94. The van der Waals surface area contributed by atoms with Gasteiger partial charge in [-0.15, -0.1) is 0 Å². The van der Waals surface area contributed by atoms with Crippen LogP contribution in [0, 0.1) is 0 Å². The maximum absolute atomic E-state index is 12.8. The van der Waals surface area contributed by atoms with Crippen molar-refractivity contribution in [3.63, 3.8) is 0 Å². The van der Waals surface area contributed by atoms with E-state index in [1.807, 2.05) is 0 Å². The average molecular weight is 440 g/mol. The number of benzene rings is 1. The Hall–Kier alpha value is -2.79. The predicted molar refractivity (Wildman–Crippen MR) is 111 cm³/mol. The molecule has 3 N–H and O–H groups in total. The number of primary amides is 1. The summed E-state index contributed by atoms with van der Waals surface area (Å²) in [5, 5.41) is 9.47. The van der Waals surface area contributed by atoms with Crippen LogP contribution in [-0.2, 0) is 14.4 Å². The predicted octanol–water partition coefficient (Wildman–Crippen LogP) is 1.63. The van der Waals surface area contributed by atoms with Gasteiger partial charge >= 0.3 is 5.97 Å². The SMILES string of the molecule is COc1cc(/C=C2\SC(=S)N(C(CCC(N)=O)C(=O)O)C2=O)cc(OC)c1OC. The van der Waals surface area contributed by atoms with Crippen molar-refractivity contribution in [1.82, 2.24) is 4.90 Å². The van der Waals surface area contributed by atoms with Crippen LogP contribution in [0.15, 0.2) is 17.0 Å². The Kier molecular flexibility index (Phi) is 7.46. The number of nitrogens with zero attached hydrogens (tertiary/aromatic N) is 1. The minimum Gasteiger partial charge on any atom is -0.493 e. The molecule has 1 aliphatic rings. The van der Waals surface area contributed by atoms with Crippen molar-refractivity contribution >= 4 is 52.2 Å². The fourth-order valence-electron chi connectivity index (χ4n) is 2.73. The van der Waals surface area contributed by atoms with Crippen LogP contribution in [0.5, 0.6) is 17.2 Å². The lowest BCUT2D eigenvalue weighted by Gasteiger charge is -2.22. The van der Waals surface area contributed by atoms with Crippen LogP contribution in [0.25, 0.3) is 6.08 Å². The molecular formula is C18H20N2O7S2. The molecule has 1 aromatic carbocycles. The number of ether oxygens (including phenoxy) is 3. The molecule has 0 saturated carbocycles. The zero-order valence-corrected chi connectivity index (χ0v) is 17.6. The zero-order chi connectivity index (χ0) is 21.7. The van der Waals surface area contributed by atoms with Crippen molar-refractivity contribution in [3.05, 3.63) is 22.6 Å². The Morgan fingerprint density at radius 1 is 1.24 bits per heavy atom. The summed E-state index contributed by atoms with van der Waals surface area (Å²) in [6.45, 7) is 0. The lowest BCUT2D eigenvalue weighted by molar-refractivity contribution is -0.145. The lowest BCUT2D eigenvalue weighted by Crippen LogP contribution is -2.44. The Morgan fingerprint density at radius 3 is 2.28 bits per heavy atom. The van der Waals surface area contributed by atoms with Gasteiger partial charge in [-0.25, -0.2) is 4.79 Å². The van der Waals surface area contributed by atoms with Gasteiger partial charge in [0.25, 0.3) is 5.91 Å². The molecule has 2 amide bonds. The molecule has 0 radical (unpaired) electrons. The fraction of sp³-hybridized carbons (Fsp3) is 0.333. The molecule has 1 fully saturated rings. The van der Waals surface area contributed by atoms with E-state index in [9.17, 15) is 19.5 Å². The molecule has 0 aromatic heterocycles. The third kappa shape index (κ3) is 4.98. The number of carbonyl (C=O) groups is 3. The number of carboxylic acids is 1. The van der Waals surface area contributed by atoms with Gasteiger partial charge in [0, 0.05) is 6.42 Å². The molecule has 1 heterocycles. The first-order chi connectivity index (χ1) is 13.7. The highest BCUT2D eigenvalue weighted by molar-refractivity contribution is 8.26. The van der Waals surface area contributed by atoms with E-state index in [4.69, 9.17) is 32.2 Å². The van der Waals surface area contributed by atoms with Crippen molar-refractivity contribution in [2.45, 2.75) is 18.9 Å². The number of carboxylic acid groups (broad SMARTS) is 1. The third-order valence-corrected chi connectivity index (χ3v) is 5.40. The largest absolute Gasteiger partial charge is 0.493 e. The van der Waals surface area contributed by atoms with Gasteiger partial charge < -0.3 is 25.1 Å². The summed E-state index contributed by atoms with van der Waals surface area (Å²) >= 11 is 6.17. The lowest BCUT2D eigenvalue weighted by atomic mass is 10.1. The van der Waals surface area contributed by atoms with Gasteiger partial charge in [-0.2, -0.15) is 0 Å². The van der Waals surface area contributed by atoms with E-state index >= 15 is 0 Å². The Morgan fingerprint density at radius 2 is 1.83 bits per heavy atom.